The number of aliphatic hydroxyl groups excluding tert-OH is 1. The van der Waals surface area contributed by atoms with Crippen molar-refractivity contribution in [1.82, 2.24) is 15.5 Å². The summed E-state index contributed by atoms with van der Waals surface area (Å²) in [5, 5.41) is 23.8. The minimum Gasteiger partial charge on any atom is -0.394 e. The number of hydrogen-bond acceptors (Lipinski definition) is 5. The maximum absolute atomic E-state index is 11.9. The van der Waals surface area contributed by atoms with Crippen LogP contribution < -0.4 is 10.6 Å². The molecule has 2 aromatic rings. The van der Waals surface area contributed by atoms with Gasteiger partial charge in [0.1, 0.15) is 5.01 Å². The minimum atomic E-state index is -0.449. The largest absolute Gasteiger partial charge is 0.394 e. The first-order chi connectivity index (χ1) is 9.72. The molecule has 6 nitrogen and oxygen atoms in total. The number of rotatable bonds is 5. The first kappa shape index (κ1) is 14.4. The van der Waals surface area contributed by atoms with E-state index in [9.17, 15) is 9.90 Å². The van der Waals surface area contributed by atoms with Gasteiger partial charge in [0.15, 0.2) is 0 Å². The van der Waals surface area contributed by atoms with Crippen LogP contribution in [0.2, 0.25) is 0 Å². The van der Waals surface area contributed by atoms with Crippen LogP contribution >= 0.6 is 11.3 Å². The smallest absolute Gasteiger partial charge is 0.321 e. The fourth-order valence-electron chi connectivity index (χ4n) is 1.66. The summed E-state index contributed by atoms with van der Waals surface area (Å²) in [4.78, 5) is 11.9. The first-order valence-corrected chi connectivity index (χ1v) is 7.10. The highest BCUT2D eigenvalue weighted by Gasteiger charge is 2.14. The predicted molar refractivity (Wildman–Crippen MR) is 77.7 cm³/mol. The Bertz CT molecular complexity index is 559. The molecule has 0 aliphatic heterocycles. The molecule has 20 heavy (non-hydrogen) atoms. The monoisotopic (exact) mass is 292 g/mol. The summed E-state index contributed by atoms with van der Waals surface area (Å²) in [6, 6.07) is 8.43. The maximum Gasteiger partial charge on any atom is 0.321 e. The van der Waals surface area contributed by atoms with E-state index in [1.807, 2.05) is 37.3 Å². The molecule has 1 aromatic heterocycles. The van der Waals surface area contributed by atoms with Crippen LogP contribution in [0, 0.1) is 0 Å². The standard InChI is InChI=1S/C13H16N4O2S/c1-2-11-16-17-13(20-11)15-12(19)14-10(8-18)9-6-4-3-5-7-9/h3-7,10,18H,2,8H2,1H3,(H2,14,15,17,19)/t10-/m1/s1. The molecule has 0 saturated heterocycles. The van der Waals surface area contributed by atoms with Crippen LogP contribution in [-0.2, 0) is 6.42 Å². The highest BCUT2D eigenvalue weighted by Crippen LogP contribution is 2.16. The van der Waals surface area contributed by atoms with Gasteiger partial charge in [-0.2, -0.15) is 0 Å². The summed E-state index contributed by atoms with van der Waals surface area (Å²) < 4.78 is 0. The van der Waals surface area contributed by atoms with Gasteiger partial charge in [0.25, 0.3) is 0 Å². The Balaban J connectivity index is 1.96. The lowest BCUT2D eigenvalue weighted by Crippen LogP contribution is -2.34. The number of urea groups is 1. The Kier molecular flexibility index (Phi) is 5.03. The van der Waals surface area contributed by atoms with Gasteiger partial charge >= 0.3 is 6.03 Å². The summed E-state index contributed by atoms with van der Waals surface area (Å²) in [6.07, 6.45) is 0.782. The summed E-state index contributed by atoms with van der Waals surface area (Å²) >= 11 is 1.34. The zero-order valence-electron chi connectivity index (χ0n) is 11.0. The van der Waals surface area contributed by atoms with Crippen LogP contribution in [0.25, 0.3) is 0 Å². The third-order valence-corrected chi connectivity index (χ3v) is 3.66. The molecule has 106 valence electrons. The number of hydrogen-bond donors (Lipinski definition) is 3. The molecule has 1 heterocycles. The molecule has 1 atom stereocenters. The number of carbonyl (C=O) groups is 1. The number of nitrogens with zero attached hydrogens (tertiary/aromatic N) is 2. The van der Waals surface area contributed by atoms with Gasteiger partial charge in [-0.1, -0.05) is 48.6 Å². The maximum atomic E-state index is 11.9. The zero-order chi connectivity index (χ0) is 14.4. The second kappa shape index (κ2) is 6.97. The lowest BCUT2D eigenvalue weighted by Gasteiger charge is -2.16. The number of anilines is 1. The van der Waals surface area contributed by atoms with Crippen LogP contribution in [0.4, 0.5) is 9.93 Å². The van der Waals surface area contributed by atoms with Gasteiger partial charge in [-0.25, -0.2) is 4.79 Å². The van der Waals surface area contributed by atoms with Gasteiger partial charge in [-0.3, -0.25) is 5.32 Å². The molecule has 0 bridgehead atoms. The number of nitrogens with one attached hydrogen (secondary N) is 2. The number of aryl methyl sites for hydroxylation is 1. The van der Waals surface area contributed by atoms with Crippen molar-refractivity contribution in [3.8, 4) is 0 Å². The fraction of sp³-hybridized carbons (Fsp3) is 0.308. The minimum absolute atomic E-state index is 0.173. The lowest BCUT2D eigenvalue weighted by molar-refractivity contribution is 0.225. The van der Waals surface area contributed by atoms with E-state index in [1.54, 1.807) is 0 Å². The molecule has 0 saturated carbocycles. The molecule has 0 radical (unpaired) electrons. The van der Waals surface area contributed by atoms with Crippen molar-refractivity contribution in [3.05, 3.63) is 40.9 Å². The van der Waals surface area contributed by atoms with Gasteiger partial charge in [0, 0.05) is 0 Å². The van der Waals surface area contributed by atoms with Crippen LogP contribution in [0.15, 0.2) is 30.3 Å². The normalized spacial score (nSPS) is 11.9. The van der Waals surface area contributed by atoms with Crippen molar-refractivity contribution in [2.75, 3.05) is 11.9 Å². The molecular weight excluding hydrogens is 276 g/mol. The second-order valence-corrected chi connectivity index (χ2v) is 5.16. The number of aliphatic hydroxyl groups is 1. The number of benzene rings is 1. The van der Waals surface area contributed by atoms with E-state index < -0.39 is 12.1 Å². The molecule has 3 N–H and O–H groups in total. The van der Waals surface area contributed by atoms with Crippen molar-refractivity contribution < 1.29 is 9.90 Å². The lowest BCUT2D eigenvalue weighted by atomic mass is 10.1. The third kappa shape index (κ3) is 3.75. The van der Waals surface area contributed by atoms with Gasteiger partial charge in [-0.15, -0.1) is 10.2 Å². The quantitative estimate of drug-likeness (QED) is 0.786. The van der Waals surface area contributed by atoms with E-state index in [4.69, 9.17) is 0 Å². The van der Waals surface area contributed by atoms with Crippen molar-refractivity contribution in [3.63, 3.8) is 0 Å². The number of amides is 2. The van der Waals surface area contributed by atoms with Crippen LogP contribution in [-0.4, -0.2) is 27.9 Å². The Labute approximate surface area is 120 Å². The topological polar surface area (TPSA) is 87.1 Å². The first-order valence-electron chi connectivity index (χ1n) is 6.28. The summed E-state index contributed by atoms with van der Waals surface area (Å²) in [6.45, 7) is 1.80. The number of aromatic nitrogens is 2. The fourth-order valence-corrected chi connectivity index (χ4v) is 2.33. The van der Waals surface area contributed by atoms with Crippen molar-refractivity contribution >= 4 is 22.5 Å². The summed E-state index contributed by atoms with van der Waals surface area (Å²) in [7, 11) is 0. The third-order valence-electron chi connectivity index (χ3n) is 2.68. The van der Waals surface area contributed by atoms with Crippen LogP contribution in [0.5, 0.6) is 0 Å². The average Bonchev–Trinajstić information content (AvgIpc) is 2.93. The highest BCUT2D eigenvalue weighted by molar-refractivity contribution is 7.15. The zero-order valence-corrected chi connectivity index (χ0v) is 11.9. The Hall–Kier alpha value is -1.99. The summed E-state index contributed by atoms with van der Waals surface area (Å²) in [5.41, 5.74) is 0.844. The molecule has 0 aliphatic carbocycles. The molecule has 2 amide bonds. The van der Waals surface area contributed by atoms with Crippen molar-refractivity contribution in [2.45, 2.75) is 19.4 Å². The highest BCUT2D eigenvalue weighted by atomic mass is 32.1. The van der Waals surface area contributed by atoms with E-state index in [2.05, 4.69) is 20.8 Å². The van der Waals surface area contributed by atoms with Crippen molar-refractivity contribution in [2.24, 2.45) is 0 Å². The Morgan fingerprint density at radius 2 is 2.10 bits per heavy atom. The van der Waals surface area contributed by atoms with Crippen LogP contribution in [0.1, 0.15) is 23.5 Å². The van der Waals surface area contributed by atoms with Gasteiger partial charge < -0.3 is 10.4 Å². The van der Waals surface area contributed by atoms with E-state index in [1.165, 1.54) is 11.3 Å². The molecule has 0 fully saturated rings. The van der Waals surface area contributed by atoms with Gasteiger partial charge in [0.05, 0.1) is 12.6 Å². The Morgan fingerprint density at radius 3 is 2.70 bits per heavy atom. The Morgan fingerprint density at radius 1 is 1.35 bits per heavy atom. The molecule has 7 heteroatoms. The van der Waals surface area contributed by atoms with E-state index in [-0.39, 0.29) is 6.61 Å². The van der Waals surface area contributed by atoms with Gasteiger partial charge in [-0.05, 0) is 12.0 Å². The molecular formula is C13H16N4O2S. The molecule has 0 spiro atoms. The second-order valence-electron chi connectivity index (χ2n) is 4.10. The van der Waals surface area contributed by atoms with Crippen LogP contribution in [0.3, 0.4) is 0 Å². The van der Waals surface area contributed by atoms with E-state index in [0.717, 1.165) is 17.0 Å². The number of carbonyl (C=O) groups excluding carboxylic acids is 1. The summed E-state index contributed by atoms with van der Waals surface area (Å²) in [5.74, 6) is 0. The molecule has 1 aromatic carbocycles. The molecule has 0 unspecified atom stereocenters. The van der Waals surface area contributed by atoms with E-state index >= 15 is 0 Å². The van der Waals surface area contributed by atoms with Crippen molar-refractivity contribution in [1.29, 1.82) is 0 Å². The predicted octanol–water partition coefficient (Wildman–Crippen LogP) is 1.96. The molecule has 2 rings (SSSR count). The van der Waals surface area contributed by atoms with E-state index in [0.29, 0.717) is 5.13 Å². The average molecular weight is 292 g/mol. The molecule has 0 aliphatic rings. The van der Waals surface area contributed by atoms with Gasteiger partial charge in [0.2, 0.25) is 5.13 Å². The SMILES string of the molecule is CCc1nnc(NC(=O)N[C@H](CO)c2ccccc2)s1.